The average molecular weight is 354 g/mol. The topological polar surface area (TPSA) is 22.0 Å². The molecule has 4 aliphatic rings. The maximum Gasteiger partial charge on any atom is 0.210 e. The van der Waals surface area contributed by atoms with Gasteiger partial charge >= 0.3 is 0 Å². The molecule has 1 aromatic carbocycles. The Morgan fingerprint density at radius 3 is 2.28 bits per heavy atom. The van der Waals surface area contributed by atoms with Crippen molar-refractivity contribution >= 4 is 17.4 Å². The van der Waals surface area contributed by atoms with Gasteiger partial charge in [-0.05, 0) is 86.0 Å². The van der Waals surface area contributed by atoms with E-state index in [1.165, 1.54) is 38.5 Å². The number of hydrogen-bond acceptors (Lipinski definition) is 1. The number of benzene rings is 1. The summed E-state index contributed by atoms with van der Waals surface area (Å²) in [5.74, 6) is 2.85. The van der Waals surface area contributed by atoms with E-state index in [0.29, 0.717) is 16.0 Å². The number of aromatic nitrogens is 1. The first-order valence-electron chi connectivity index (χ1n) is 9.56. The molecule has 4 saturated carbocycles. The lowest BCUT2D eigenvalue weighted by Gasteiger charge is -2.57. The Hall–Kier alpha value is -1.54. The summed E-state index contributed by atoms with van der Waals surface area (Å²) < 4.78 is 2.21. The Morgan fingerprint density at radius 2 is 1.64 bits per heavy atom. The third-order valence-corrected chi connectivity index (χ3v) is 7.18. The number of hydrogen-bond donors (Lipinski definition) is 0. The molecule has 0 unspecified atom stereocenters. The zero-order valence-electron chi connectivity index (χ0n) is 14.5. The van der Waals surface area contributed by atoms with Crippen LogP contribution in [-0.4, -0.2) is 10.4 Å². The first-order valence-corrected chi connectivity index (χ1v) is 9.94. The minimum Gasteiger partial charge on any atom is -0.344 e. The first-order chi connectivity index (χ1) is 12.1. The zero-order chi connectivity index (χ0) is 17.0. The molecule has 4 bridgehead atoms. The fourth-order valence-corrected chi connectivity index (χ4v) is 6.61. The van der Waals surface area contributed by atoms with E-state index in [4.69, 9.17) is 11.6 Å². The number of carbonyl (C=O) groups is 1. The van der Waals surface area contributed by atoms with E-state index in [-0.39, 0.29) is 5.78 Å². The summed E-state index contributed by atoms with van der Waals surface area (Å²) in [5.41, 5.74) is 1.81. The monoisotopic (exact) mass is 353 g/mol. The van der Waals surface area contributed by atoms with Crippen molar-refractivity contribution in [3.05, 3.63) is 58.9 Å². The van der Waals surface area contributed by atoms with Crippen molar-refractivity contribution in [2.75, 3.05) is 0 Å². The van der Waals surface area contributed by atoms with Crippen molar-refractivity contribution in [2.24, 2.45) is 23.2 Å². The van der Waals surface area contributed by atoms with Crippen molar-refractivity contribution in [2.45, 2.75) is 45.1 Å². The van der Waals surface area contributed by atoms with Crippen LogP contribution in [0.1, 0.15) is 54.6 Å². The van der Waals surface area contributed by atoms with E-state index in [1.54, 1.807) is 6.07 Å². The molecule has 2 nitrogen and oxygen atoms in total. The van der Waals surface area contributed by atoms with Gasteiger partial charge in [-0.3, -0.25) is 4.79 Å². The van der Waals surface area contributed by atoms with Crippen molar-refractivity contribution in [1.82, 2.24) is 4.57 Å². The molecule has 0 N–H and O–H groups in total. The van der Waals surface area contributed by atoms with E-state index in [0.717, 1.165) is 30.0 Å². The molecule has 2 aromatic rings. The summed E-state index contributed by atoms with van der Waals surface area (Å²) in [7, 11) is 0. The van der Waals surface area contributed by atoms with Gasteiger partial charge < -0.3 is 4.57 Å². The number of ketones is 1. The second-order valence-corrected chi connectivity index (χ2v) is 9.16. The van der Waals surface area contributed by atoms with E-state index in [9.17, 15) is 4.79 Å². The molecule has 130 valence electrons. The van der Waals surface area contributed by atoms with E-state index in [2.05, 4.69) is 10.8 Å². The lowest BCUT2D eigenvalue weighted by atomic mass is 9.49. The van der Waals surface area contributed by atoms with Gasteiger partial charge in [0, 0.05) is 18.3 Å². The fourth-order valence-electron chi connectivity index (χ4n) is 6.39. The number of carbonyl (C=O) groups excluding carboxylic acids is 1. The first kappa shape index (κ1) is 15.7. The van der Waals surface area contributed by atoms with Gasteiger partial charge in [0.2, 0.25) is 5.78 Å². The number of halogens is 1. The summed E-state index contributed by atoms with van der Waals surface area (Å²) in [4.78, 5) is 13.0. The van der Waals surface area contributed by atoms with Gasteiger partial charge in [-0.15, -0.1) is 0 Å². The third-order valence-electron chi connectivity index (χ3n) is 6.85. The quantitative estimate of drug-likeness (QED) is 0.657. The smallest absolute Gasteiger partial charge is 0.210 e. The van der Waals surface area contributed by atoms with Crippen LogP contribution in [0.2, 0.25) is 5.02 Å². The molecule has 4 aliphatic carbocycles. The average Bonchev–Trinajstić information content (AvgIpc) is 3.00. The highest BCUT2D eigenvalue weighted by molar-refractivity contribution is 6.34. The molecular formula is C22H24ClNO. The van der Waals surface area contributed by atoms with Crippen LogP contribution >= 0.6 is 11.6 Å². The normalized spacial score (nSPS) is 32.9. The van der Waals surface area contributed by atoms with Crippen LogP contribution in [0.15, 0.2) is 42.6 Å². The van der Waals surface area contributed by atoms with E-state index >= 15 is 0 Å². The van der Waals surface area contributed by atoms with Crippen LogP contribution < -0.4 is 0 Å². The Bertz CT molecular complexity index is 786. The summed E-state index contributed by atoms with van der Waals surface area (Å²) in [5, 5.41) is 0.537. The van der Waals surface area contributed by atoms with Gasteiger partial charge in [0.1, 0.15) is 0 Å². The van der Waals surface area contributed by atoms with Crippen LogP contribution in [0.5, 0.6) is 0 Å². The SMILES string of the molecule is O=C(c1ccccc1Cl)c1cccn1CC12CC3CC(CC(C3)C1)C2. The Morgan fingerprint density at radius 1 is 1.00 bits per heavy atom. The number of rotatable bonds is 4. The maximum atomic E-state index is 13.0. The Kier molecular flexibility index (Phi) is 3.60. The molecule has 0 saturated heterocycles. The zero-order valence-corrected chi connectivity index (χ0v) is 15.2. The predicted octanol–water partition coefficient (Wildman–Crippen LogP) is 5.59. The molecule has 3 heteroatoms. The molecule has 4 fully saturated rings. The molecule has 0 radical (unpaired) electrons. The molecule has 0 amide bonds. The summed E-state index contributed by atoms with van der Waals surface area (Å²) >= 11 is 6.26. The van der Waals surface area contributed by atoms with Gasteiger partial charge in [-0.2, -0.15) is 0 Å². The lowest BCUT2D eigenvalue weighted by Crippen LogP contribution is -2.48. The van der Waals surface area contributed by atoms with Crippen molar-refractivity contribution in [3.63, 3.8) is 0 Å². The predicted molar refractivity (Wildman–Crippen MR) is 99.9 cm³/mol. The van der Waals surface area contributed by atoms with Gasteiger partial charge in [0.15, 0.2) is 0 Å². The maximum absolute atomic E-state index is 13.0. The highest BCUT2D eigenvalue weighted by Crippen LogP contribution is 2.60. The molecular weight excluding hydrogens is 330 g/mol. The van der Waals surface area contributed by atoms with Crippen LogP contribution in [0.4, 0.5) is 0 Å². The second kappa shape index (κ2) is 5.74. The lowest BCUT2D eigenvalue weighted by molar-refractivity contribution is -0.0619. The molecule has 0 atom stereocenters. The number of nitrogens with zero attached hydrogens (tertiary/aromatic N) is 1. The largest absolute Gasteiger partial charge is 0.344 e. The van der Waals surface area contributed by atoms with Crippen LogP contribution in [-0.2, 0) is 6.54 Å². The highest BCUT2D eigenvalue weighted by atomic mass is 35.5. The fraction of sp³-hybridized carbons (Fsp3) is 0.500. The minimum absolute atomic E-state index is 0.0420. The molecule has 6 rings (SSSR count). The Balaban J connectivity index is 1.44. The standard InChI is InChI=1S/C22H24ClNO/c23-19-5-2-1-4-18(19)21(25)20-6-3-7-24(20)14-22-11-15-8-16(12-22)10-17(9-15)13-22/h1-7,15-17H,8-14H2. The second-order valence-electron chi connectivity index (χ2n) is 8.75. The van der Waals surface area contributed by atoms with E-state index in [1.807, 2.05) is 30.3 Å². The van der Waals surface area contributed by atoms with Crippen LogP contribution in [0.25, 0.3) is 0 Å². The molecule has 0 aliphatic heterocycles. The van der Waals surface area contributed by atoms with Crippen molar-refractivity contribution in [3.8, 4) is 0 Å². The van der Waals surface area contributed by atoms with Gasteiger partial charge in [-0.25, -0.2) is 0 Å². The summed E-state index contributed by atoms with van der Waals surface area (Å²) in [6.45, 7) is 0.995. The molecule has 25 heavy (non-hydrogen) atoms. The van der Waals surface area contributed by atoms with Crippen LogP contribution in [0, 0.1) is 23.2 Å². The van der Waals surface area contributed by atoms with Crippen molar-refractivity contribution < 1.29 is 4.79 Å². The Labute approximate surface area is 154 Å². The van der Waals surface area contributed by atoms with Gasteiger partial charge in [0.25, 0.3) is 0 Å². The van der Waals surface area contributed by atoms with E-state index < -0.39 is 0 Å². The summed E-state index contributed by atoms with van der Waals surface area (Å²) in [6.07, 6.45) is 10.5. The van der Waals surface area contributed by atoms with Gasteiger partial charge in [0.05, 0.1) is 10.7 Å². The molecule has 1 aromatic heterocycles. The minimum atomic E-state index is 0.0420. The van der Waals surface area contributed by atoms with Crippen LogP contribution in [0.3, 0.4) is 0 Å². The molecule has 0 spiro atoms. The highest BCUT2D eigenvalue weighted by Gasteiger charge is 2.51. The van der Waals surface area contributed by atoms with Gasteiger partial charge in [-0.1, -0.05) is 23.7 Å². The molecule has 1 heterocycles. The summed E-state index contributed by atoms with van der Waals surface area (Å²) in [6, 6.07) is 11.3. The third kappa shape index (κ3) is 2.66. The van der Waals surface area contributed by atoms with Crippen molar-refractivity contribution in [1.29, 1.82) is 0 Å².